The van der Waals surface area contributed by atoms with E-state index < -0.39 is 36.0 Å². The first-order chi connectivity index (χ1) is 17.8. The highest BCUT2D eigenvalue weighted by Crippen LogP contribution is 2.42. The molecule has 2 fully saturated rings. The Morgan fingerprint density at radius 2 is 1.89 bits per heavy atom. The molecule has 2 heterocycles. The van der Waals surface area contributed by atoms with Crippen LogP contribution in [-0.4, -0.2) is 77.9 Å². The standard InChI is InChI=1S/C29H34F3N3O2/c1-33-13-12-27(26(32)18-33)34(14-11-20-7-8-20)28(37)35-17-21(24-15-23(30)9-10-25(24)31)16-29(35,19-36)22-5-3-2-4-6-22/h2-6,9-10,15-16,20,26-27,36H,7-8,11-14,17-19H2,1H3/t26?,27?,29-/m1/s1. The highest BCUT2D eigenvalue weighted by molar-refractivity contribution is 5.84. The van der Waals surface area contributed by atoms with Gasteiger partial charge < -0.3 is 19.8 Å². The lowest BCUT2D eigenvalue weighted by Gasteiger charge is -2.45. The van der Waals surface area contributed by atoms with E-state index in [9.17, 15) is 18.7 Å². The van der Waals surface area contributed by atoms with Crippen LogP contribution >= 0.6 is 0 Å². The van der Waals surface area contributed by atoms with Crippen molar-refractivity contribution in [2.45, 2.75) is 43.4 Å². The maximum atomic E-state index is 15.4. The predicted molar refractivity (Wildman–Crippen MR) is 136 cm³/mol. The van der Waals surface area contributed by atoms with E-state index in [0.29, 0.717) is 36.6 Å². The summed E-state index contributed by atoms with van der Waals surface area (Å²) in [5.41, 5.74) is -0.177. The Kier molecular flexibility index (Phi) is 7.32. The minimum absolute atomic E-state index is 0.0296. The summed E-state index contributed by atoms with van der Waals surface area (Å²) in [4.78, 5) is 19.4. The number of carbonyl (C=O) groups is 1. The van der Waals surface area contributed by atoms with Gasteiger partial charge in [-0.05, 0) is 61.2 Å². The molecule has 1 saturated heterocycles. The van der Waals surface area contributed by atoms with E-state index in [0.717, 1.165) is 37.5 Å². The zero-order chi connectivity index (χ0) is 26.2. The summed E-state index contributed by atoms with van der Waals surface area (Å²) in [6, 6.07) is 11.3. The minimum atomic E-state index is -1.29. The third kappa shape index (κ3) is 5.14. The molecular formula is C29H34F3N3O2. The molecule has 3 atom stereocenters. The fourth-order valence-electron chi connectivity index (χ4n) is 5.74. The number of rotatable bonds is 7. The molecule has 5 rings (SSSR count). The van der Waals surface area contributed by atoms with Gasteiger partial charge in [0.25, 0.3) is 0 Å². The monoisotopic (exact) mass is 513 g/mol. The summed E-state index contributed by atoms with van der Waals surface area (Å²) >= 11 is 0. The van der Waals surface area contributed by atoms with Gasteiger partial charge in [0.1, 0.15) is 23.3 Å². The smallest absolute Gasteiger partial charge is 0.321 e. The lowest BCUT2D eigenvalue weighted by atomic mass is 9.89. The van der Waals surface area contributed by atoms with Gasteiger partial charge in [0.05, 0.1) is 12.6 Å². The number of aliphatic hydroxyl groups excluding tert-OH is 1. The van der Waals surface area contributed by atoms with Crippen molar-refractivity contribution in [3.8, 4) is 0 Å². The van der Waals surface area contributed by atoms with Crippen molar-refractivity contribution in [3.05, 3.63) is 77.4 Å². The molecule has 3 aliphatic rings. The number of nitrogens with zero attached hydrogens (tertiary/aromatic N) is 3. The maximum absolute atomic E-state index is 15.4. The largest absolute Gasteiger partial charge is 0.393 e. The Balaban J connectivity index is 1.55. The molecule has 2 aromatic rings. The number of halogens is 3. The second kappa shape index (κ2) is 10.5. The summed E-state index contributed by atoms with van der Waals surface area (Å²) in [6.45, 7) is 0.874. The van der Waals surface area contributed by atoms with Crippen molar-refractivity contribution in [2.24, 2.45) is 5.92 Å². The van der Waals surface area contributed by atoms with Crippen molar-refractivity contribution >= 4 is 11.6 Å². The van der Waals surface area contributed by atoms with Gasteiger partial charge in [0, 0.05) is 31.7 Å². The third-order valence-electron chi connectivity index (χ3n) is 8.07. The number of piperidine rings is 1. The van der Waals surface area contributed by atoms with Crippen LogP contribution in [0.15, 0.2) is 54.6 Å². The number of amides is 2. The van der Waals surface area contributed by atoms with Crippen LogP contribution in [0.1, 0.15) is 36.8 Å². The number of urea groups is 1. The molecule has 5 nitrogen and oxygen atoms in total. The normalized spacial score (nSPS) is 26.3. The van der Waals surface area contributed by atoms with E-state index in [1.807, 2.05) is 30.1 Å². The number of carbonyl (C=O) groups excluding carboxylic acids is 1. The van der Waals surface area contributed by atoms with Crippen LogP contribution in [0.25, 0.3) is 5.57 Å². The number of hydrogen-bond donors (Lipinski definition) is 1. The number of benzene rings is 2. The molecule has 1 saturated carbocycles. The first kappa shape index (κ1) is 25.8. The van der Waals surface area contributed by atoms with Crippen LogP contribution in [0, 0.1) is 17.6 Å². The Morgan fingerprint density at radius 1 is 1.14 bits per heavy atom. The minimum Gasteiger partial charge on any atom is -0.393 e. The van der Waals surface area contributed by atoms with Gasteiger partial charge in [-0.15, -0.1) is 0 Å². The van der Waals surface area contributed by atoms with E-state index in [2.05, 4.69) is 0 Å². The van der Waals surface area contributed by atoms with Gasteiger partial charge in [-0.3, -0.25) is 0 Å². The lowest BCUT2D eigenvalue weighted by molar-refractivity contribution is 0.0307. The molecule has 2 unspecified atom stereocenters. The Hall–Kier alpha value is -2.84. The van der Waals surface area contributed by atoms with Crippen molar-refractivity contribution in [1.29, 1.82) is 0 Å². The summed E-state index contributed by atoms with van der Waals surface area (Å²) in [5, 5.41) is 10.8. The molecule has 2 aliphatic heterocycles. The van der Waals surface area contributed by atoms with E-state index in [-0.39, 0.29) is 24.7 Å². The van der Waals surface area contributed by atoms with Crippen LogP contribution in [-0.2, 0) is 5.54 Å². The maximum Gasteiger partial charge on any atom is 0.321 e. The number of likely N-dealkylation sites (tertiary alicyclic amines) is 1. The Morgan fingerprint density at radius 3 is 2.57 bits per heavy atom. The van der Waals surface area contributed by atoms with Crippen LogP contribution in [0.5, 0.6) is 0 Å². The molecule has 198 valence electrons. The molecule has 1 N–H and O–H groups in total. The summed E-state index contributed by atoms with van der Waals surface area (Å²) in [6.07, 6.45) is 4.02. The van der Waals surface area contributed by atoms with Crippen LogP contribution in [0.3, 0.4) is 0 Å². The first-order valence-corrected chi connectivity index (χ1v) is 13.1. The fourth-order valence-corrected chi connectivity index (χ4v) is 5.74. The zero-order valence-electron chi connectivity index (χ0n) is 21.1. The van der Waals surface area contributed by atoms with Gasteiger partial charge in [-0.1, -0.05) is 43.2 Å². The summed E-state index contributed by atoms with van der Waals surface area (Å²) in [7, 11) is 1.87. The number of alkyl halides is 1. The summed E-state index contributed by atoms with van der Waals surface area (Å²) in [5.74, 6) is -0.648. The van der Waals surface area contributed by atoms with Gasteiger partial charge in [0.15, 0.2) is 0 Å². The van der Waals surface area contributed by atoms with E-state index in [1.54, 1.807) is 23.1 Å². The lowest BCUT2D eigenvalue weighted by Crippen LogP contribution is -2.60. The zero-order valence-corrected chi connectivity index (χ0v) is 21.1. The topological polar surface area (TPSA) is 47.0 Å². The van der Waals surface area contributed by atoms with Gasteiger partial charge in [-0.2, -0.15) is 0 Å². The second-order valence-corrected chi connectivity index (χ2v) is 10.7. The van der Waals surface area contributed by atoms with Crippen LogP contribution < -0.4 is 0 Å². The summed E-state index contributed by atoms with van der Waals surface area (Å²) < 4.78 is 44.3. The van der Waals surface area contributed by atoms with Crippen LogP contribution in [0.4, 0.5) is 18.0 Å². The van der Waals surface area contributed by atoms with Crippen molar-refractivity contribution in [3.63, 3.8) is 0 Å². The fraction of sp³-hybridized carbons (Fsp3) is 0.483. The predicted octanol–water partition coefficient (Wildman–Crippen LogP) is 4.82. The number of aliphatic hydroxyl groups is 1. The van der Waals surface area contributed by atoms with E-state index in [4.69, 9.17) is 0 Å². The average Bonchev–Trinajstić information content (AvgIpc) is 3.64. The Labute approximate surface area is 216 Å². The molecule has 8 heteroatoms. The molecule has 37 heavy (non-hydrogen) atoms. The highest BCUT2D eigenvalue weighted by atomic mass is 19.1. The van der Waals surface area contributed by atoms with Gasteiger partial charge in [0.2, 0.25) is 0 Å². The molecule has 0 radical (unpaired) electrons. The average molecular weight is 514 g/mol. The first-order valence-electron chi connectivity index (χ1n) is 13.1. The SMILES string of the molecule is CN1CCC(N(CCC2CC2)C(=O)N2CC(c3cc(F)ccc3F)=C[C@@]2(CO)c2ccccc2)C(F)C1. The molecule has 0 spiro atoms. The molecule has 1 aliphatic carbocycles. The second-order valence-electron chi connectivity index (χ2n) is 10.7. The quantitative estimate of drug-likeness (QED) is 0.578. The third-order valence-corrected chi connectivity index (χ3v) is 8.07. The van der Waals surface area contributed by atoms with Gasteiger partial charge >= 0.3 is 6.03 Å². The van der Waals surface area contributed by atoms with Crippen molar-refractivity contribution in [1.82, 2.24) is 14.7 Å². The Bertz CT molecular complexity index is 1160. The highest BCUT2D eigenvalue weighted by Gasteiger charge is 2.48. The number of hydrogen-bond acceptors (Lipinski definition) is 3. The van der Waals surface area contributed by atoms with Crippen molar-refractivity contribution in [2.75, 3.05) is 39.8 Å². The van der Waals surface area contributed by atoms with Crippen molar-refractivity contribution < 1.29 is 23.1 Å². The molecule has 2 amide bonds. The molecule has 2 aromatic carbocycles. The molecular weight excluding hydrogens is 479 g/mol. The van der Waals surface area contributed by atoms with E-state index in [1.165, 1.54) is 4.90 Å². The van der Waals surface area contributed by atoms with E-state index >= 15 is 4.39 Å². The molecule has 0 bridgehead atoms. The van der Waals surface area contributed by atoms with Crippen LogP contribution in [0.2, 0.25) is 0 Å². The van der Waals surface area contributed by atoms with Gasteiger partial charge in [-0.25, -0.2) is 18.0 Å². The molecule has 0 aromatic heterocycles.